The molecule has 0 saturated carbocycles. The third kappa shape index (κ3) is 2.18. The molecule has 1 fully saturated rings. The molecule has 0 spiro atoms. The van der Waals surface area contributed by atoms with Crippen LogP contribution >= 0.6 is 0 Å². The lowest BCUT2D eigenvalue weighted by Gasteiger charge is -2.21. The maximum absolute atomic E-state index is 9.55. The fourth-order valence-corrected chi connectivity index (χ4v) is 2.25. The molecule has 1 aliphatic rings. The number of hydrogen-bond acceptors (Lipinski definition) is 4. The zero-order valence-electron chi connectivity index (χ0n) is 9.50. The molecule has 0 bridgehead atoms. The van der Waals surface area contributed by atoms with Gasteiger partial charge in [-0.3, -0.25) is 4.98 Å². The summed E-state index contributed by atoms with van der Waals surface area (Å²) >= 11 is 0. The first-order valence-electron chi connectivity index (χ1n) is 5.69. The van der Waals surface area contributed by atoms with Gasteiger partial charge in [0.05, 0.1) is 12.7 Å². The van der Waals surface area contributed by atoms with Crippen LogP contribution in [0.2, 0.25) is 0 Å². The summed E-state index contributed by atoms with van der Waals surface area (Å²) in [6.45, 7) is 3.65. The minimum absolute atomic E-state index is 0.0129. The molecule has 1 saturated heterocycles. The van der Waals surface area contributed by atoms with Gasteiger partial charge in [0.25, 0.3) is 0 Å². The van der Waals surface area contributed by atoms with E-state index in [9.17, 15) is 10.2 Å². The molecule has 0 amide bonds. The molecule has 2 unspecified atom stereocenters. The Labute approximate surface area is 95.5 Å². The standard InChI is InChI=1S/C12H18N2O2/c1-9(16)10-3-5-14(7-10)12-2-4-13-6-11(12)8-15/h2,4,6,9-10,15-16H,3,5,7-8H2,1H3. The van der Waals surface area contributed by atoms with E-state index in [2.05, 4.69) is 9.88 Å². The average Bonchev–Trinajstić information content (AvgIpc) is 2.78. The van der Waals surface area contributed by atoms with Crippen molar-refractivity contribution in [3.05, 3.63) is 24.0 Å². The lowest BCUT2D eigenvalue weighted by atomic mass is 10.0. The summed E-state index contributed by atoms with van der Waals surface area (Å²) in [6, 6.07) is 1.93. The van der Waals surface area contributed by atoms with Gasteiger partial charge in [-0.25, -0.2) is 0 Å². The van der Waals surface area contributed by atoms with Crippen molar-refractivity contribution >= 4 is 5.69 Å². The zero-order chi connectivity index (χ0) is 11.5. The van der Waals surface area contributed by atoms with Crippen molar-refractivity contribution in [3.63, 3.8) is 0 Å². The number of aliphatic hydroxyl groups excluding tert-OH is 2. The van der Waals surface area contributed by atoms with E-state index >= 15 is 0 Å². The van der Waals surface area contributed by atoms with Gasteiger partial charge in [0.2, 0.25) is 0 Å². The molecule has 0 aromatic carbocycles. The molecule has 1 aromatic rings. The van der Waals surface area contributed by atoms with E-state index in [-0.39, 0.29) is 12.7 Å². The highest BCUT2D eigenvalue weighted by molar-refractivity contribution is 5.52. The summed E-state index contributed by atoms with van der Waals surface area (Å²) in [5, 5.41) is 18.8. The topological polar surface area (TPSA) is 56.6 Å². The quantitative estimate of drug-likeness (QED) is 0.793. The highest BCUT2D eigenvalue weighted by atomic mass is 16.3. The predicted molar refractivity (Wildman–Crippen MR) is 62.2 cm³/mol. The number of nitrogens with zero attached hydrogens (tertiary/aromatic N) is 2. The molecule has 16 heavy (non-hydrogen) atoms. The van der Waals surface area contributed by atoms with Crippen molar-refractivity contribution in [2.24, 2.45) is 5.92 Å². The fraction of sp³-hybridized carbons (Fsp3) is 0.583. The SMILES string of the molecule is CC(O)C1CCN(c2ccncc2CO)C1. The first-order chi connectivity index (χ1) is 7.72. The largest absolute Gasteiger partial charge is 0.393 e. The van der Waals surface area contributed by atoms with Gasteiger partial charge in [0.15, 0.2) is 0 Å². The van der Waals surface area contributed by atoms with Crippen LogP contribution in [0.4, 0.5) is 5.69 Å². The second-order valence-electron chi connectivity index (χ2n) is 4.40. The Balaban J connectivity index is 2.14. The van der Waals surface area contributed by atoms with Crippen LogP contribution in [0.5, 0.6) is 0 Å². The molecule has 1 aliphatic heterocycles. The van der Waals surface area contributed by atoms with E-state index in [1.807, 2.05) is 13.0 Å². The second-order valence-corrected chi connectivity index (χ2v) is 4.40. The van der Waals surface area contributed by atoms with Gasteiger partial charge in [0, 0.05) is 42.7 Å². The fourth-order valence-electron chi connectivity index (χ4n) is 2.25. The second kappa shape index (κ2) is 4.80. The molecule has 4 nitrogen and oxygen atoms in total. The molecule has 4 heteroatoms. The monoisotopic (exact) mass is 222 g/mol. The molecule has 0 aliphatic carbocycles. The van der Waals surface area contributed by atoms with Gasteiger partial charge in [-0.05, 0) is 19.4 Å². The van der Waals surface area contributed by atoms with Gasteiger partial charge in [-0.1, -0.05) is 0 Å². The first-order valence-corrected chi connectivity index (χ1v) is 5.69. The lowest BCUT2D eigenvalue weighted by Crippen LogP contribution is -2.24. The minimum atomic E-state index is -0.260. The molecule has 0 radical (unpaired) electrons. The summed E-state index contributed by atoms with van der Waals surface area (Å²) in [7, 11) is 0. The molecular formula is C12H18N2O2. The van der Waals surface area contributed by atoms with Crippen LogP contribution < -0.4 is 4.90 Å². The Kier molecular flexibility index (Phi) is 3.41. The van der Waals surface area contributed by atoms with Crippen LogP contribution in [0.3, 0.4) is 0 Å². The highest BCUT2D eigenvalue weighted by Crippen LogP contribution is 2.27. The van der Waals surface area contributed by atoms with Crippen molar-refractivity contribution in [1.29, 1.82) is 0 Å². The Morgan fingerprint density at radius 1 is 1.62 bits per heavy atom. The number of anilines is 1. The van der Waals surface area contributed by atoms with E-state index in [0.717, 1.165) is 30.8 Å². The molecule has 1 aromatic heterocycles. The van der Waals surface area contributed by atoms with E-state index in [1.54, 1.807) is 12.4 Å². The first kappa shape index (κ1) is 11.4. The van der Waals surface area contributed by atoms with E-state index in [4.69, 9.17) is 0 Å². The third-order valence-corrected chi connectivity index (χ3v) is 3.30. The number of pyridine rings is 1. The molecule has 2 rings (SSSR count). The summed E-state index contributed by atoms with van der Waals surface area (Å²) in [4.78, 5) is 6.22. The summed E-state index contributed by atoms with van der Waals surface area (Å²) < 4.78 is 0. The Morgan fingerprint density at radius 2 is 2.44 bits per heavy atom. The molecule has 88 valence electrons. The molecule has 2 atom stereocenters. The van der Waals surface area contributed by atoms with Crippen molar-refractivity contribution in [2.75, 3.05) is 18.0 Å². The third-order valence-electron chi connectivity index (χ3n) is 3.30. The predicted octanol–water partition coefficient (Wildman–Crippen LogP) is 0.781. The minimum Gasteiger partial charge on any atom is -0.393 e. The Bertz CT molecular complexity index is 355. The normalized spacial score (nSPS) is 22.4. The van der Waals surface area contributed by atoms with Crippen LogP contribution in [0.1, 0.15) is 18.9 Å². The van der Waals surface area contributed by atoms with Crippen molar-refractivity contribution in [3.8, 4) is 0 Å². The van der Waals surface area contributed by atoms with Crippen molar-refractivity contribution in [2.45, 2.75) is 26.1 Å². The van der Waals surface area contributed by atoms with E-state index in [1.165, 1.54) is 0 Å². The van der Waals surface area contributed by atoms with E-state index < -0.39 is 0 Å². The van der Waals surface area contributed by atoms with Gasteiger partial charge in [-0.15, -0.1) is 0 Å². The molecule has 2 N–H and O–H groups in total. The Hall–Kier alpha value is -1.13. The summed E-state index contributed by atoms with van der Waals surface area (Å²) in [6.07, 6.45) is 4.18. The summed E-state index contributed by atoms with van der Waals surface area (Å²) in [5.74, 6) is 0.333. The maximum atomic E-state index is 9.55. The van der Waals surface area contributed by atoms with Crippen LogP contribution in [0.15, 0.2) is 18.5 Å². The number of aliphatic hydroxyl groups is 2. The number of rotatable bonds is 3. The Morgan fingerprint density at radius 3 is 3.06 bits per heavy atom. The van der Waals surface area contributed by atoms with Crippen LogP contribution in [0.25, 0.3) is 0 Å². The van der Waals surface area contributed by atoms with Crippen LogP contribution in [-0.2, 0) is 6.61 Å². The molecular weight excluding hydrogens is 204 g/mol. The zero-order valence-corrected chi connectivity index (χ0v) is 9.50. The highest BCUT2D eigenvalue weighted by Gasteiger charge is 2.26. The van der Waals surface area contributed by atoms with Crippen LogP contribution in [-0.4, -0.2) is 34.4 Å². The van der Waals surface area contributed by atoms with Crippen molar-refractivity contribution < 1.29 is 10.2 Å². The van der Waals surface area contributed by atoms with E-state index in [0.29, 0.717) is 5.92 Å². The van der Waals surface area contributed by atoms with Crippen molar-refractivity contribution in [1.82, 2.24) is 4.98 Å². The van der Waals surface area contributed by atoms with Gasteiger partial charge < -0.3 is 15.1 Å². The van der Waals surface area contributed by atoms with Gasteiger partial charge in [-0.2, -0.15) is 0 Å². The molecule has 2 heterocycles. The van der Waals surface area contributed by atoms with Gasteiger partial charge in [0.1, 0.15) is 0 Å². The summed E-state index contributed by atoms with van der Waals surface area (Å²) in [5.41, 5.74) is 1.90. The maximum Gasteiger partial charge on any atom is 0.0717 e. The number of aromatic nitrogens is 1. The number of hydrogen-bond donors (Lipinski definition) is 2. The van der Waals surface area contributed by atoms with Gasteiger partial charge >= 0.3 is 0 Å². The lowest BCUT2D eigenvalue weighted by molar-refractivity contribution is 0.136. The smallest absolute Gasteiger partial charge is 0.0717 e. The average molecular weight is 222 g/mol. The van der Waals surface area contributed by atoms with Crippen LogP contribution in [0, 0.1) is 5.92 Å².